The third kappa shape index (κ3) is 3.93. The molecule has 0 atom stereocenters. The Morgan fingerprint density at radius 1 is 0.969 bits per heavy atom. The number of fused-ring (bicyclic) bond motifs is 1. The number of nitrogens with zero attached hydrogens (tertiary/aromatic N) is 1. The first-order valence-electron chi connectivity index (χ1n) is 10.3. The SMILES string of the molecule is C=CC(=O)Nc1ccc(Oc2c(C)cccc2C)c(-c2cn(C)c(=O)c3ccccc23)c1. The van der Waals surface area contributed by atoms with Crippen LogP contribution in [0.4, 0.5) is 5.69 Å². The summed E-state index contributed by atoms with van der Waals surface area (Å²) in [4.78, 5) is 24.6. The van der Waals surface area contributed by atoms with Gasteiger partial charge in [0.1, 0.15) is 11.5 Å². The average Bonchev–Trinajstić information content (AvgIpc) is 2.79. The number of carbonyl (C=O) groups excluding carboxylic acids is 1. The van der Waals surface area contributed by atoms with Crippen molar-refractivity contribution in [3.63, 3.8) is 0 Å². The van der Waals surface area contributed by atoms with Gasteiger partial charge >= 0.3 is 0 Å². The van der Waals surface area contributed by atoms with E-state index >= 15 is 0 Å². The third-order valence-electron chi connectivity index (χ3n) is 5.43. The number of aromatic nitrogens is 1. The molecule has 5 nitrogen and oxygen atoms in total. The van der Waals surface area contributed by atoms with Gasteiger partial charge in [-0.15, -0.1) is 0 Å². The topological polar surface area (TPSA) is 60.3 Å². The number of hydrogen-bond donors (Lipinski definition) is 1. The van der Waals surface area contributed by atoms with Gasteiger partial charge in [-0.2, -0.15) is 0 Å². The smallest absolute Gasteiger partial charge is 0.258 e. The third-order valence-corrected chi connectivity index (χ3v) is 5.43. The number of aryl methyl sites for hydroxylation is 3. The number of benzene rings is 3. The van der Waals surface area contributed by atoms with Crippen LogP contribution in [0.5, 0.6) is 11.5 Å². The van der Waals surface area contributed by atoms with Gasteiger partial charge in [-0.25, -0.2) is 0 Å². The summed E-state index contributed by atoms with van der Waals surface area (Å²) in [5, 5.41) is 4.24. The molecule has 0 aliphatic rings. The predicted octanol–water partition coefficient (Wildman–Crippen LogP) is 5.74. The molecule has 0 fully saturated rings. The Balaban J connectivity index is 1.97. The summed E-state index contributed by atoms with van der Waals surface area (Å²) in [5.74, 6) is 1.11. The second kappa shape index (κ2) is 8.55. The lowest BCUT2D eigenvalue weighted by molar-refractivity contribution is -0.111. The van der Waals surface area contributed by atoms with Gasteiger partial charge in [-0.05, 0) is 60.7 Å². The van der Waals surface area contributed by atoms with E-state index in [1.807, 2.05) is 68.4 Å². The Labute approximate surface area is 186 Å². The second-order valence-electron chi connectivity index (χ2n) is 7.73. The van der Waals surface area contributed by atoms with E-state index in [-0.39, 0.29) is 11.5 Å². The number of hydrogen-bond acceptors (Lipinski definition) is 3. The van der Waals surface area contributed by atoms with Crippen molar-refractivity contribution in [1.82, 2.24) is 4.57 Å². The average molecular weight is 425 g/mol. The van der Waals surface area contributed by atoms with Gasteiger partial charge in [0.25, 0.3) is 5.56 Å². The summed E-state index contributed by atoms with van der Waals surface area (Å²) >= 11 is 0. The van der Waals surface area contributed by atoms with Gasteiger partial charge in [0.15, 0.2) is 0 Å². The molecule has 0 saturated carbocycles. The van der Waals surface area contributed by atoms with Crippen LogP contribution in [0.1, 0.15) is 11.1 Å². The Kier molecular flexibility index (Phi) is 5.65. The zero-order valence-electron chi connectivity index (χ0n) is 18.3. The lowest BCUT2D eigenvalue weighted by Crippen LogP contribution is -2.16. The molecule has 4 aromatic rings. The van der Waals surface area contributed by atoms with E-state index in [9.17, 15) is 9.59 Å². The van der Waals surface area contributed by atoms with Gasteiger partial charge in [0, 0.05) is 35.4 Å². The fourth-order valence-electron chi connectivity index (χ4n) is 3.80. The maximum atomic E-state index is 12.7. The molecule has 0 saturated heterocycles. The zero-order chi connectivity index (χ0) is 22.8. The van der Waals surface area contributed by atoms with E-state index < -0.39 is 0 Å². The van der Waals surface area contributed by atoms with Crippen LogP contribution in [0.2, 0.25) is 0 Å². The van der Waals surface area contributed by atoms with E-state index in [0.717, 1.165) is 33.4 Å². The minimum absolute atomic E-state index is 0.0716. The lowest BCUT2D eigenvalue weighted by atomic mass is 9.99. The zero-order valence-corrected chi connectivity index (χ0v) is 18.3. The summed E-state index contributed by atoms with van der Waals surface area (Å²) in [6.45, 7) is 7.52. The Morgan fingerprint density at radius 2 is 1.66 bits per heavy atom. The molecule has 0 radical (unpaired) electrons. The van der Waals surface area contributed by atoms with E-state index in [4.69, 9.17) is 4.74 Å². The number of nitrogens with one attached hydrogen (secondary N) is 1. The molecule has 3 aromatic carbocycles. The second-order valence-corrected chi connectivity index (χ2v) is 7.73. The predicted molar refractivity (Wildman–Crippen MR) is 129 cm³/mol. The van der Waals surface area contributed by atoms with Crippen LogP contribution in [-0.4, -0.2) is 10.5 Å². The highest BCUT2D eigenvalue weighted by atomic mass is 16.5. The summed E-state index contributed by atoms with van der Waals surface area (Å²) < 4.78 is 7.98. The molecule has 0 unspecified atom stereocenters. The molecule has 1 amide bonds. The lowest BCUT2D eigenvalue weighted by Gasteiger charge is -2.18. The van der Waals surface area contributed by atoms with Crippen molar-refractivity contribution < 1.29 is 9.53 Å². The van der Waals surface area contributed by atoms with Crippen molar-refractivity contribution >= 4 is 22.4 Å². The van der Waals surface area contributed by atoms with Crippen LogP contribution in [0, 0.1) is 13.8 Å². The highest BCUT2D eigenvalue weighted by Gasteiger charge is 2.16. The van der Waals surface area contributed by atoms with Crippen LogP contribution >= 0.6 is 0 Å². The first-order chi connectivity index (χ1) is 15.4. The maximum absolute atomic E-state index is 12.7. The number of pyridine rings is 1. The summed E-state index contributed by atoms with van der Waals surface area (Å²) in [7, 11) is 1.73. The van der Waals surface area contributed by atoms with Crippen LogP contribution in [0.15, 0.2) is 84.3 Å². The van der Waals surface area contributed by atoms with E-state index in [1.54, 1.807) is 23.9 Å². The van der Waals surface area contributed by atoms with Crippen LogP contribution in [0.25, 0.3) is 21.9 Å². The number of amides is 1. The first-order valence-corrected chi connectivity index (χ1v) is 10.3. The number of carbonyl (C=O) groups is 1. The van der Waals surface area contributed by atoms with Crippen molar-refractivity contribution in [2.75, 3.05) is 5.32 Å². The Morgan fingerprint density at radius 3 is 2.34 bits per heavy atom. The normalized spacial score (nSPS) is 10.7. The van der Waals surface area contributed by atoms with Crippen molar-refractivity contribution in [3.05, 3.63) is 101 Å². The number of para-hydroxylation sites is 1. The van der Waals surface area contributed by atoms with E-state index in [0.29, 0.717) is 16.8 Å². The first kappa shape index (κ1) is 21.1. The largest absolute Gasteiger partial charge is 0.456 e. The van der Waals surface area contributed by atoms with Crippen molar-refractivity contribution in [2.24, 2.45) is 7.05 Å². The van der Waals surface area contributed by atoms with Crippen molar-refractivity contribution in [2.45, 2.75) is 13.8 Å². The molecule has 1 N–H and O–H groups in total. The molecule has 160 valence electrons. The molecule has 0 bridgehead atoms. The van der Waals surface area contributed by atoms with Gasteiger partial charge in [0.2, 0.25) is 5.91 Å². The molecule has 4 rings (SSSR count). The minimum atomic E-state index is -0.301. The standard InChI is InChI=1S/C27H24N2O3/c1-5-25(30)28-19-13-14-24(32-26-17(2)9-8-10-18(26)3)22(15-19)23-16-29(4)27(31)21-12-7-6-11-20(21)23/h5-16H,1H2,2-4H3,(H,28,30). The molecule has 0 spiro atoms. The van der Waals surface area contributed by atoms with Crippen molar-refractivity contribution in [1.29, 1.82) is 0 Å². The highest BCUT2D eigenvalue weighted by Crippen LogP contribution is 2.39. The van der Waals surface area contributed by atoms with E-state index in [2.05, 4.69) is 11.9 Å². The maximum Gasteiger partial charge on any atom is 0.258 e. The highest BCUT2D eigenvalue weighted by molar-refractivity contribution is 6.01. The van der Waals surface area contributed by atoms with Gasteiger partial charge in [-0.3, -0.25) is 9.59 Å². The van der Waals surface area contributed by atoms with Crippen LogP contribution in [-0.2, 0) is 11.8 Å². The van der Waals surface area contributed by atoms with Gasteiger partial charge in [-0.1, -0.05) is 43.0 Å². The van der Waals surface area contributed by atoms with Crippen molar-refractivity contribution in [3.8, 4) is 22.6 Å². The molecular weight excluding hydrogens is 400 g/mol. The quantitative estimate of drug-likeness (QED) is 0.416. The Hall–Kier alpha value is -4.12. The number of anilines is 1. The molecule has 32 heavy (non-hydrogen) atoms. The fourth-order valence-corrected chi connectivity index (χ4v) is 3.80. The van der Waals surface area contributed by atoms with Crippen LogP contribution in [0.3, 0.4) is 0 Å². The number of ether oxygens (including phenoxy) is 1. The molecular formula is C27H24N2O3. The summed E-state index contributed by atoms with van der Waals surface area (Å²) in [6, 6.07) is 19.0. The summed E-state index contributed by atoms with van der Waals surface area (Å²) in [5.41, 5.74) is 4.17. The minimum Gasteiger partial charge on any atom is -0.456 e. The summed E-state index contributed by atoms with van der Waals surface area (Å²) in [6.07, 6.45) is 3.03. The van der Waals surface area contributed by atoms with Gasteiger partial charge < -0.3 is 14.6 Å². The molecule has 1 aromatic heterocycles. The van der Waals surface area contributed by atoms with Gasteiger partial charge in [0.05, 0.1) is 0 Å². The monoisotopic (exact) mass is 424 g/mol. The molecule has 1 heterocycles. The Bertz CT molecular complexity index is 1400. The van der Waals surface area contributed by atoms with Crippen LogP contribution < -0.4 is 15.6 Å². The fraction of sp³-hybridized carbons (Fsp3) is 0.111. The molecule has 0 aliphatic carbocycles. The van der Waals surface area contributed by atoms with E-state index in [1.165, 1.54) is 6.08 Å². The number of rotatable bonds is 5. The molecule has 5 heteroatoms. The molecule has 0 aliphatic heterocycles.